The van der Waals surface area contributed by atoms with Gasteiger partial charge in [-0.1, -0.05) is 20.8 Å². The van der Waals surface area contributed by atoms with Gasteiger partial charge in [0.2, 0.25) is 11.8 Å². The molecule has 20 heavy (non-hydrogen) atoms. The Morgan fingerprint density at radius 3 is 1.80 bits per heavy atom. The number of carbonyl (C=O) groups is 2. The van der Waals surface area contributed by atoms with Gasteiger partial charge in [-0.3, -0.25) is 15.4 Å². The van der Waals surface area contributed by atoms with Crippen LogP contribution in [0.5, 0.6) is 0 Å². The van der Waals surface area contributed by atoms with E-state index in [1.165, 1.54) is 5.01 Å². The van der Waals surface area contributed by atoms with E-state index in [1.54, 1.807) is 0 Å². The molecule has 0 aromatic carbocycles. The van der Waals surface area contributed by atoms with Gasteiger partial charge < -0.3 is 10.6 Å². The molecule has 0 spiro atoms. The number of rotatable bonds is 6. The van der Waals surface area contributed by atoms with Crippen LogP contribution < -0.4 is 16.5 Å². The Balaban J connectivity index is 3.81. The number of amides is 2. The number of hydrazine groups is 1. The third-order valence-electron chi connectivity index (χ3n) is 2.64. The molecule has 0 aliphatic rings. The number of hydrogen-bond donors (Lipinski definition) is 3. The molecule has 0 aromatic heterocycles. The topological polar surface area (TPSA) is 87.5 Å². The van der Waals surface area contributed by atoms with Crippen molar-refractivity contribution in [2.75, 3.05) is 19.6 Å². The summed E-state index contributed by atoms with van der Waals surface area (Å²) in [5, 5.41) is 6.99. The summed E-state index contributed by atoms with van der Waals surface area (Å²) in [6.45, 7) is 12.8. The highest BCUT2D eigenvalue weighted by atomic mass is 16.2. The summed E-state index contributed by atoms with van der Waals surface area (Å²) in [6, 6.07) is 0. The fourth-order valence-corrected chi connectivity index (χ4v) is 1.40. The lowest BCUT2D eigenvalue weighted by Crippen LogP contribution is -2.51. The number of nitrogens with one attached hydrogen (secondary N) is 2. The molecule has 0 bridgehead atoms. The molecule has 0 fully saturated rings. The summed E-state index contributed by atoms with van der Waals surface area (Å²) in [4.78, 5) is 23.2. The van der Waals surface area contributed by atoms with Gasteiger partial charge in [0.25, 0.3) is 0 Å². The van der Waals surface area contributed by atoms with Gasteiger partial charge in [-0.25, -0.2) is 5.01 Å². The second-order valence-electron chi connectivity index (χ2n) is 7.24. The molecule has 2 amide bonds. The summed E-state index contributed by atoms with van der Waals surface area (Å²) < 4.78 is 0. The molecule has 0 atom stereocenters. The van der Waals surface area contributed by atoms with Gasteiger partial charge in [-0.05, 0) is 26.2 Å². The molecule has 0 rings (SSSR count). The van der Waals surface area contributed by atoms with Gasteiger partial charge in [0, 0.05) is 25.0 Å². The number of nitrogens with zero attached hydrogens (tertiary/aromatic N) is 1. The number of nitrogens with two attached hydrogens (primary N) is 1. The van der Waals surface area contributed by atoms with Gasteiger partial charge in [-0.2, -0.15) is 0 Å². The Labute approximate surface area is 122 Å². The van der Waals surface area contributed by atoms with E-state index in [9.17, 15) is 9.59 Å². The molecule has 6 heteroatoms. The average molecular weight is 286 g/mol. The molecule has 118 valence electrons. The summed E-state index contributed by atoms with van der Waals surface area (Å²) in [5.74, 6) is 5.63. The fourth-order valence-electron chi connectivity index (χ4n) is 1.40. The summed E-state index contributed by atoms with van der Waals surface area (Å²) >= 11 is 0. The van der Waals surface area contributed by atoms with Crippen LogP contribution in [-0.2, 0) is 9.59 Å². The summed E-state index contributed by atoms with van der Waals surface area (Å²) in [7, 11) is 0. The first kappa shape index (κ1) is 18.9. The second-order valence-corrected chi connectivity index (χ2v) is 7.24. The van der Waals surface area contributed by atoms with E-state index in [4.69, 9.17) is 5.84 Å². The van der Waals surface area contributed by atoms with E-state index in [0.29, 0.717) is 19.5 Å². The fraction of sp³-hybridized carbons (Fsp3) is 0.857. The van der Waals surface area contributed by atoms with E-state index < -0.39 is 0 Å². The Hall–Kier alpha value is -1.14. The van der Waals surface area contributed by atoms with Crippen LogP contribution in [0.15, 0.2) is 0 Å². The van der Waals surface area contributed by atoms with Crippen molar-refractivity contribution in [3.63, 3.8) is 0 Å². The van der Waals surface area contributed by atoms with Crippen molar-refractivity contribution in [1.82, 2.24) is 15.6 Å². The Morgan fingerprint density at radius 1 is 0.950 bits per heavy atom. The molecule has 0 radical (unpaired) electrons. The number of hydrogen-bond acceptors (Lipinski definition) is 4. The molecular weight excluding hydrogens is 256 g/mol. The van der Waals surface area contributed by atoms with Crippen LogP contribution >= 0.6 is 0 Å². The first-order valence-corrected chi connectivity index (χ1v) is 6.97. The van der Waals surface area contributed by atoms with Crippen LogP contribution in [0.3, 0.4) is 0 Å². The Bertz CT molecular complexity index is 329. The minimum Gasteiger partial charge on any atom is -0.354 e. The first-order chi connectivity index (χ1) is 8.92. The second kappa shape index (κ2) is 7.59. The summed E-state index contributed by atoms with van der Waals surface area (Å²) in [5.41, 5.74) is -0.279. The molecule has 4 N–H and O–H groups in total. The zero-order chi connectivity index (χ0) is 16.0. The molecule has 0 heterocycles. The van der Waals surface area contributed by atoms with Gasteiger partial charge >= 0.3 is 0 Å². The monoisotopic (exact) mass is 286 g/mol. The van der Waals surface area contributed by atoms with Crippen molar-refractivity contribution in [1.29, 1.82) is 0 Å². The zero-order valence-corrected chi connectivity index (χ0v) is 13.7. The standard InChI is InChI=1S/C14H30N4O2/c1-13(2,3)9-11(19)16-7-8-17-12(20)10-18(15)14(4,5)6/h7-10,15H2,1-6H3,(H,16,19)(H,17,20). The molecule has 0 saturated heterocycles. The Morgan fingerprint density at radius 2 is 1.40 bits per heavy atom. The molecule has 0 aliphatic carbocycles. The van der Waals surface area contributed by atoms with Crippen LogP contribution in [0, 0.1) is 5.41 Å². The van der Waals surface area contributed by atoms with Gasteiger partial charge in [0.05, 0.1) is 6.54 Å². The largest absolute Gasteiger partial charge is 0.354 e. The van der Waals surface area contributed by atoms with E-state index in [1.807, 2.05) is 41.5 Å². The van der Waals surface area contributed by atoms with Crippen LogP contribution in [0.4, 0.5) is 0 Å². The van der Waals surface area contributed by atoms with Gasteiger partial charge in [0.1, 0.15) is 0 Å². The van der Waals surface area contributed by atoms with E-state index in [2.05, 4.69) is 10.6 Å². The van der Waals surface area contributed by atoms with Crippen LogP contribution in [0.1, 0.15) is 48.0 Å². The van der Waals surface area contributed by atoms with Crippen LogP contribution in [-0.4, -0.2) is 42.0 Å². The minimum absolute atomic E-state index is 0.00175. The van der Waals surface area contributed by atoms with Crippen molar-refractivity contribution >= 4 is 11.8 Å². The van der Waals surface area contributed by atoms with Crippen molar-refractivity contribution < 1.29 is 9.59 Å². The minimum atomic E-state index is -0.252. The van der Waals surface area contributed by atoms with Crippen molar-refractivity contribution in [3.8, 4) is 0 Å². The smallest absolute Gasteiger partial charge is 0.235 e. The molecular formula is C14H30N4O2. The van der Waals surface area contributed by atoms with E-state index in [0.717, 1.165) is 0 Å². The third-order valence-corrected chi connectivity index (χ3v) is 2.64. The Kier molecular flexibility index (Phi) is 7.16. The van der Waals surface area contributed by atoms with Crippen LogP contribution in [0.2, 0.25) is 0 Å². The highest BCUT2D eigenvalue weighted by molar-refractivity contribution is 5.78. The maximum absolute atomic E-state index is 11.6. The maximum atomic E-state index is 11.6. The first-order valence-electron chi connectivity index (χ1n) is 6.97. The zero-order valence-electron chi connectivity index (χ0n) is 13.7. The maximum Gasteiger partial charge on any atom is 0.235 e. The summed E-state index contributed by atoms with van der Waals surface area (Å²) in [6.07, 6.45) is 0.474. The van der Waals surface area contributed by atoms with Gasteiger partial charge in [0.15, 0.2) is 0 Å². The SMILES string of the molecule is CC(C)(C)CC(=O)NCCNC(=O)CN(N)C(C)(C)C. The highest BCUT2D eigenvalue weighted by Gasteiger charge is 2.20. The molecule has 0 unspecified atom stereocenters. The normalized spacial score (nSPS) is 12.4. The van der Waals surface area contributed by atoms with Crippen LogP contribution in [0.25, 0.3) is 0 Å². The van der Waals surface area contributed by atoms with Crippen molar-refractivity contribution in [3.05, 3.63) is 0 Å². The third kappa shape index (κ3) is 9.75. The quantitative estimate of drug-likeness (QED) is 0.380. The molecule has 0 saturated carbocycles. The lowest BCUT2D eigenvalue weighted by molar-refractivity contribution is -0.125. The lowest BCUT2D eigenvalue weighted by atomic mass is 9.92. The van der Waals surface area contributed by atoms with Crippen molar-refractivity contribution in [2.45, 2.75) is 53.5 Å². The highest BCUT2D eigenvalue weighted by Crippen LogP contribution is 2.17. The lowest BCUT2D eigenvalue weighted by Gasteiger charge is -2.30. The van der Waals surface area contributed by atoms with Crippen molar-refractivity contribution in [2.24, 2.45) is 11.3 Å². The van der Waals surface area contributed by atoms with Gasteiger partial charge in [-0.15, -0.1) is 0 Å². The molecule has 0 aromatic rings. The molecule has 0 aliphatic heterocycles. The van der Waals surface area contributed by atoms with E-state index in [-0.39, 0.29) is 29.3 Å². The predicted molar refractivity (Wildman–Crippen MR) is 80.7 cm³/mol. The average Bonchev–Trinajstić information content (AvgIpc) is 2.20. The molecule has 6 nitrogen and oxygen atoms in total. The predicted octanol–water partition coefficient (Wildman–Crippen LogP) is 0.629. The number of carbonyl (C=O) groups excluding carboxylic acids is 2. The van der Waals surface area contributed by atoms with E-state index >= 15 is 0 Å².